The first-order valence-electron chi connectivity index (χ1n) is 3.45. The molecule has 0 aromatic carbocycles. The zero-order valence-corrected chi connectivity index (χ0v) is 8.59. The van der Waals surface area contributed by atoms with Gasteiger partial charge in [0.25, 0.3) is 0 Å². The highest BCUT2D eigenvalue weighted by Crippen LogP contribution is 2.19. The summed E-state index contributed by atoms with van der Waals surface area (Å²) in [5.74, 6) is 0.602. The predicted molar refractivity (Wildman–Crippen MR) is 49.2 cm³/mol. The zero-order valence-electron chi connectivity index (χ0n) is 7.00. The summed E-state index contributed by atoms with van der Waals surface area (Å²) in [4.78, 5) is 4.02. The van der Waals surface area contributed by atoms with Gasteiger partial charge in [0.05, 0.1) is 13.7 Å². The van der Waals surface area contributed by atoms with Gasteiger partial charge in [-0.3, -0.25) is 0 Å². The second-order valence-electron chi connectivity index (χ2n) is 2.25. The fourth-order valence-corrected chi connectivity index (χ4v) is 1.17. The molecule has 1 aromatic rings. The molecule has 0 atom stereocenters. The first-order chi connectivity index (χ1) is 5.77. The number of nitrogens with zero attached hydrogens (tertiary/aromatic N) is 1. The van der Waals surface area contributed by atoms with E-state index in [0.717, 1.165) is 10.0 Å². The number of aromatic nitrogens is 1. The van der Waals surface area contributed by atoms with Crippen molar-refractivity contribution in [1.82, 2.24) is 4.98 Å². The van der Waals surface area contributed by atoms with Gasteiger partial charge in [0.1, 0.15) is 0 Å². The highest BCUT2D eigenvalue weighted by atomic mass is 79.9. The molecule has 0 radical (unpaired) electrons. The van der Waals surface area contributed by atoms with E-state index in [4.69, 9.17) is 9.47 Å². The monoisotopic (exact) mass is 231 g/mol. The van der Waals surface area contributed by atoms with Crippen LogP contribution < -0.4 is 4.74 Å². The minimum absolute atomic E-state index is 0.555. The third-order valence-corrected chi connectivity index (χ3v) is 2.13. The average molecular weight is 232 g/mol. The van der Waals surface area contributed by atoms with Crippen molar-refractivity contribution < 1.29 is 9.47 Å². The molecule has 0 aliphatic carbocycles. The van der Waals surface area contributed by atoms with E-state index in [1.807, 2.05) is 6.07 Å². The van der Waals surface area contributed by atoms with E-state index >= 15 is 0 Å². The molecule has 0 saturated carbocycles. The van der Waals surface area contributed by atoms with Crippen LogP contribution in [-0.4, -0.2) is 19.2 Å². The van der Waals surface area contributed by atoms with E-state index in [0.29, 0.717) is 12.5 Å². The van der Waals surface area contributed by atoms with Crippen LogP contribution in [0.3, 0.4) is 0 Å². The smallest absolute Gasteiger partial charge is 0.213 e. The van der Waals surface area contributed by atoms with Crippen molar-refractivity contribution in [3.63, 3.8) is 0 Å². The quantitative estimate of drug-likeness (QED) is 0.798. The average Bonchev–Trinajstić information content (AvgIpc) is 2.09. The van der Waals surface area contributed by atoms with Gasteiger partial charge in [-0.1, -0.05) is 0 Å². The molecule has 0 saturated heterocycles. The van der Waals surface area contributed by atoms with Gasteiger partial charge in [0.15, 0.2) is 0 Å². The Labute approximate surface area is 79.8 Å². The van der Waals surface area contributed by atoms with Crippen LogP contribution >= 0.6 is 15.9 Å². The van der Waals surface area contributed by atoms with Gasteiger partial charge in [0.2, 0.25) is 5.88 Å². The Kier molecular flexibility index (Phi) is 3.49. The lowest BCUT2D eigenvalue weighted by Crippen LogP contribution is -1.93. The lowest BCUT2D eigenvalue weighted by molar-refractivity contribution is 0.184. The molecule has 3 nitrogen and oxygen atoms in total. The Morgan fingerprint density at radius 2 is 2.25 bits per heavy atom. The Morgan fingerprint density at radius 3 is 2.83 bits per heavy atom. The van der Waals surface area contributed by atoms with Crippen molar-refractivity contribution >= 4 is 15.9 Å². The number of halogens is 1. The minimum Gasteiger partial charge on any atom is -0.481 e. The minimum atomic E-state index is 0.555. The molecular weight excluding hydrogens is 222 g/mol. The molecule has 0 aliphatic heterocycles. The van der Waals surface area contributed by atoms with E-state index in [1.54, 1.807) is 20.4 Å². The number of methoxy groups -OCH3 is 2. The molecule has 0 N–H and O–H groups in total. The molecule has 4 heteroatoms. The largest absolute Gasteiger partial charge is 0.481 e. The fourth-order valence-electron chi connectivity index (χ4n) is 0.836. The van der Waals surface area contributed by atoms with Crippen LogP contribution in [0.5, 0.6) is 5.88 Å². The summed E-state index contributed by atoms with van der Waals surface area (Å²) in [6.45, 7) is 0.555. The van der Waals surface area contributed by atoms with Crippen LogP contribution in [0.25, 0.3) is 0 Å². The maximum absolute atomic E-state index is 4.99. The molecule has 1 rings (SSSR count). The molecule has 1 heterocycles. The molecule has 0 fully saturated rings. The van der Waals surface area contributed by atoms with Gasteiger partial charge in [-0.25, -0.2) is 4.98 Å². The summed E-state index contributed by atoms with van der Waals surface area (Å²) in [5.41, 5.74) is 1.03. The molecule has 0 amide bonds. The van der Waals surface area contributed by atoms with Crippen LogP contribution in [0, 0.1) is 0 Å². The van der Waals surface area contributed by atoms with Crippen LogP contribution in [0.15, 0.2) is 16.7 Å². The van der Waals surface area contributed by atoms with E-state index in [9.17, 15) is 0 Å². The topological polar surface area (TPSA) is 31.4 Å². The van der Waals surface area contributed by atoms with Gasteiger partial charge in [-0.15, -0.1) is 0 Å². The lowest BCUT2D eigenvalue weighted by atomic mass is 10.3. The van der Waals surface area contributed by atoms with E-state index in [1.165, 1.54) is 0 Å². The first kappa shape index (κ1) is 9.48. The summed E-state index contributed by atoms with van der Waals surface area (Å²) in [6, 6.07) is 1.84. The Balaban J connectivity index is 2.91. The Hall–Kier alpha value is -0.610. The summed E-state index contributed by atoms with van der Waals surface area (Å²) in [6.07, 6.45) is 1.70. The fraction of sp³-hybridized carbons (Fsp3) is 0.375. The van der Waals surface area contributed by atoms with Crippen molar-refractivity contribution in [2.45, 2.75) is 6.61 Å². The Bertz CT molecular complexity index is 265. The maximum Gasteiger partial charge on any atom is 0.213 e. The highest BCUT2D eigenvalue weighted by molar-refractivity contribution is 9.10. The lowest BCUT2D eigenvalue weighted by Gasteiger charge is -2.04. The third-order valence-electron chi connectivity index (χ3n) is 1.42. The number of hydrogen-bond acceptors (Lipinski definition) is 3. The highest BCUT2D eigenvalue weighted by Gasteiger charge is 2.01. The third kappa shape index (κ3) is 2.19. The standard InChI is InChI=1S/C8H10BrNO2/c1-11-5-6-3-8(12-2)10-4-7(6)9/h3-4H,5H2,1-2H3. The molecule has 0 unspecified atom stereocenters. The van der Waals surface area contributed by atoms with E-state index in [-0.39, 0.29) is 0 Å². The second-order valence-corrected chi connectivity index (χ2v) is 3.11. The predicted octanol–water partition coefficient (Wildman–Crippen LogP) is 2.00. The van der Waals surface area contributed by atoms with Crippen LogP contribution in [0.4, 0.5) is 0 Å². The number of rotatable bonds is 3. The van der Waals surface area contributed by atoms with Crippen molar-refractivity contribution in [3.05, 3.63) is 22.3 Å². The van der Waals surface area contributed by atoms with Gasteiger partial charge in [0, 0.05) is 23.8 Å². The summed E-state index contributed by atoms with van der Waals surface area (Å²) >= 11 is 3.36. The summed E-state index contributed by atoms with van der Waals surface area (Å²) in [7, 11) is 3.24. The zero-order chi connectivity index (χ0) is 8.97. The van der Waals surface area contributed by atoms with E-state index in [2.05, 4.69) is 20.9 Å². The maximum atomic E-state index is 4.99. The molecule has 0 bridgehead atoms. The molecule has 1 aromatic heterocycles. The SMILES string of the molecule is COCc1cc(OC)ncc1Br. The second kappa shape index (κ2) is 4.42. The molecule has 66 valence electrons. The van der Waals surface area contributed by atoms with Crippen molar-refractivity contribution in [3.8, 4) is 5.88 Å². The number of pyridine rings is 1. The summed E-state index contributed by atoms with van der Waals surface area (Å²) < 4.78 is 10.9. The van der Waals surface area contributed by atoms with Gasteiger partial charge in [-0.05, 0) is 21.5 Å². The van der Waals surface area contributed by atoms with E-state index < -0.39 is 0 Å². The van der Waals surface area contributed by atoms with Crippen molar-refractivity contribution in [2.24, 2.45) is 0 Å². The van der Waals surface area contributed by atoms with Gasteiger partial charge >= 0.3 is 0 Å². The number of ether oxygens (including phenoxy) is 2. The summed E-state index contributed by atoms with van der Waals surface area (Å²) in [5, 5.41) is 0. The molecule has 0 spiro atoms. The molecular formula is C8H10BrNO2. The van der Waals surface area contributed by atoms with Gasteiger partial charge in [-0.2, -0.15) is 0 Å². The van der Waals surface area contributed by atoms with Crippen LogP contribution in [-0.2, 0) is 11.3 Å². The van der Waals surface area contributed by atoms with Crippen LogP contribution in [0.2, 0.25) is 0 Å². The Morgan fingerprint density at radius 1 is 1.50 bits per heavy atom. The first-order valence-corrected chi connectivity index (χ1v) is 4.24. The number of hydrogen-bond donors (Lipinski definition) is 0. The molecule has 12 heavy (non-hydrogen) atoms. The normalized spacial score (nSPS) is 9.92. The van der Waals surface area contributed by atoms with Crippen molar-refractivity contribution in [1.29, 1.82) is 0 Å². The van der Waals surface area contributed by atoms with Gasteiger partial charge < -0.3 is 9.47 Å². The molecule has 0 aliphatic rings. The van der Waals surface area contributed by atoms with Crippen LogP contribution in [0.1, 0.15) is 5.56 Å². The van der Waals surface area contributed by atoms with Crippen molar-refractivity contribution in [2.75, 3.05) is 14.2 Å².